The minimum Gasteiger partial charge on any atom is -0.463 e. The molecule has 0 N–H and O–H groups in total. The first-order chi connectivity index (χ1) is 13.8. The van der Waals surface area contributed by atoms with Crippen molar-refractivity contribution in [3.05, 3.63) is 0 Å². The number of hydrogen-bond acceptors (Lipinski definition) is 3. The summed E-state index contributed by atoms with van der Waals surface area (Å²) in [5, 5.41) is 0. The summed E-state index contributed by atoms with van der Waals surface area (Å²) in [6.45, 7) is 3.09. The zero-order valence-electron chi connectivity index (χ0n) is 18.5. The van der Waals surface area contributed by atoms with Crippen LogP contribution in [0.5, 0.6) is 0 Å². The molecule has 0 amide bonds. The van der Waals surface area contributed by atoms with Crippen molar-refractivity contribution in [1.82, 2.24) is 0 Å². The molecule has 0 spiro atoms. The highest BCUT2D eigenvalue weighted by Crippen LogP contribution is 2.09. The van der Waals surface area contributed by atoms with Crippen LogP contribution in [0.15, 0.2) is 0 Å². The molecule has 0 saturated heterocycles. The maximum atomic E-state index is 11.4. The highest BCUT2D eigenvalue weighted by Gasteiger charge is 2.01. The van der Waals surface area contributed by atoms with Gasteiger partial charge in [0.05, 0.1) is 6.61 Å². The minimum absolute atomic E-state index is 0.111. The Morgan fingerprint density at radius 3 is 1.71 bits per heavy atom. The number of methoxy groups -OCH3 is 1. The summed E-state index contributed by atoms with van der Waals surface area (Å²) in [4.78, 5) is 11.4. The second kappa shape index (κ2) is 23.6. The largest absolute Gasteiger partial charge is 0.463 e. The fraction of sp³-hybridized carbons (Fsp3) is 0.800. The van der Waals surface area contributed by atoms with Crippen LogP contribution < -0.4 is 0 Å². The highest BCUT2D eigenvalue weighted by molar-refractivity contribution is 5.69. The lowest BCUT2D eigenvalue weighted by atomic mass is 10.1. The number of hydrogen-bond donors (Lipinski definition) is 0. The summed E-state index contributed by atoms with van der Waals surface area (Å²) in [6.07, 6.45) is 18.5. The third-order valence-electron chi connectivity index (χ3n) is 4.63. The molecule has 0 aromatic rings. The number of rotatable bonds is 18. The van der Waals surface area contributed by atoms with Crippen molar-refractivity contribution in [2.24, 2.45) is 0 Å². The average molecular weight is 391 g/mol. The third kappa shape index (κ3) is 22.6. The lowest BCUT2D eigenvalue weighted by molar-refractivity contribution is -0.145. The zero-order chi connectivity index (χ0) is 20.5. The number of unbranched alkanes of at least 4 members (excludes halogenated alkanes) is 13. The van der Waals surface area contributed by atoms with Gasteiger partial charge in [-0.15, -0.1) is 0 Å². The fourth-order valence-electron chi connectivity index (χ4n) is 2.88. The van der Waals surface area contributed by atoms with E-state index < -0.39 is 0 Å². The number of esters is 1. The van der Waals surface area contributed by atoms with Crippen LogP contribution in [0.3, 0.4) is 0 Å². The highest BCUT2D eigenvalue weighted by atomic mass is 16.6. The van der Waals surface area contributed by atoms with E-state index in [1.165, 1.54) is 64.2 Å². The van der Waals surface area contributed by atoms with Gasteiger partial charge in [-0.2, -0.15) is 0 Å². The van der Waals surface area contributed by atoms with Gasteiger partial charge in [-0.05, 0) is 31.1 Å². The Balaban J connectivity index is 3.30. The molecule has 0 saturated carbocycles. The maximum Gasteiger partial charge on any atom is 0.305 e. The molecule has 0 unspecified atom stereocenters. The molecule has 0 aliphatic carbocycles. The summed E-state index contributed by atoms with van der Waals surface area (Å²) in [5.41, 5.74) is 0. The van der Waals surface area contributed by atoms with Gasteiger partial charge >= 0.3 is 5.97 Å². The Bertz CT molecular complexity index is 462. The van der Waals surface area contributed by atoms with Crippen LogP contribution in [-0.4, -0.2) is 26.3 Å². The van der Waals surface area contributed by atoms with Crippen LogP contribution in [0, 0.1) is 23.7 Å². The van der Waals surface area contributed by atoms with Gasteiger partial charge in [-0.25, -0.2) is 0 Å². The molecule has 160 valence electrons. The van der Waals surface area contributed by atoms with Crippen molar-refractivity contribution in [3.63, 3.8) is 0 Å². The van der Waals surface area contributed by atoms with Crippen molar-refractivity contribution >= 4 is 5.97 Å². The fourth-order valence-corrected chi connectivity index (χ4v) is 2.88. The molecule has 0 aliphatic rings. The van der Waals surface area contributed by atoms with Crippen LogP contribution in [0.1, 0.15) is 110 Å². The van der Waals surface area contributed by atoms with E-state index in [4.69, 9.17) is 9.47 Å². The molecule has 3 nitrogen and oxygen atoms in total. The first kappa shape index (κ1) is 26.6. The van der Waals surface area contributed by atoms with Gasteiger partial charge in [0.2, 0.25) is 0 Å². The van der Waals surface area contributed by atoms with Gasteiger partial charge in [0.25, 0.3) is 0 Å². The summed E-state index contributed by atoms with van der Waals surface area (Å²) in [5.74, 6) is 12.2. The smallest absolute Gasteiger partial charge is 0.305 e. The monoisotopic (exact) mass is 390 g/mol. The third-order valence-corrected chi connectivity index (χ3v) is 4.63. The number of ether oxygens (including phenoxy) is 2. The van der Waals surface area contributed by atoms with Gasteiger partial charge in [0, 0.05) is 26.4 Å². The topological polar surface area (TPSA) is 35.5 Å². The van der Waals surface area contributed by atoms with E-state index in [0.29, 0.717) is 19.6 Å². The van der Waals surface area contributed by atoms with Crippen molar-refractivity contribution in [1.29, 1.82) is 0 Å². The molecular weight excluding hydrogens is 348 g/mol. The van der Waals surface area contributed by atoms with Crippen LogP contribution in [0.4, 0.5) is 0 Å². The summed E-state index contributed by atoms with van der Waals surface area (Å²) < 4.78 is 9.87. The van der Waals surface area contributed by atoms with Crippen LogP contribution in [-0.2, 0) is 14.3 Å². The molecule has 0 aromatic heterocycles. The molecule has 0 radical (unpaired) electrons. The molecule has 0 heterocycles. The zero-order valence-corrected chi connectivity index (χ0v) is 18.5. The minimum atomic E-state index is -0.111. The van der Waals surface area contributed by atoms with Gasteiger partial charge in [-0.1, -0.05) is 83.0 Å². The molecule has 0 rings (SSSR count). The summed E-state index contributed by atoms with van der Waals surface area (Å²) in [6, 6.07) is 0. The molecule has 0 bridgehead atoms. The summed E-state index contributed by atoms with van der Waals surface area (Å²) in [7, 11) is 1.60. The Morgan fingerprint density at radius 1 is 0.679 bits per heavy atom. The SMILES string of the molecule is CCCCCCCCCC#CC#CCCCCCCCCC(=O)OCCOC. The van der Waals surface area contributed by atoms with Gasteiger partial charge in [0.15, 0.2) is 0 Å². The number of carbonyl (C=O) groups excluding carboxylic acids is 1. The van der Waals surface area contributed by atoms with E-state index in [0.717, 1.165) is 32.1 Å². The van der Waals surface area contributed by atoms with E-state index in [-0.39, 0.29) is 5.97 Å². The Kier molecular flexibility index (Phi) is 22.4. The maximum absolute atomic E-state index is 11.4. The molecule has 0 aliphatic heterocycles. The molecule has 28 heavy (non-hydrogen) atoms. The second-order valence-corrected chi connectivity index (χ2v) is 7.31. The van der Waals surface area contributed by atoms with Crippen molar-refractivity contribution in [3.8, 4) is 23.7 Å². The molecule has 0 atom stereocenters. The molecule has 0 fully saturated rings. The van der Waals surface area contributed by atoms with E-state index in [1.807, 2.05) is 0 Å². The Labute approximate surface area is 174 Å². The normalized spacial score (nSPS) is 9.93. The first-order valence-corrected chi connectivity index (χ1v) is 11.4. The van der Waals surface area contributed by atoms with Crippen LogP contribution in [0.25, 0.3) is 0 Å². The summed E-state index contributed by atoms with van der Waals surface area (Å²) >= 11 is 0. The average Bonchev–Trinajstić information content (AvgIpc) is 2.70. The Hall–Kier alpha value is -1.45. The van der Waals surface area contributed by atoms with Crippen LogP contribution >= 0.6 is 0 Å². The van der Waals surface area contributed by atoms with E-state index in [1.54, 1.807) is 7.11 Å². The Morgan fingerprint density at radius 2 is 1.18 bits per heavy atom. The van der Waals surface area contributed by atoms with E-state index >= 15 is 0 Å². The molecule has 3 heteroatoms. The van der Waals surface area contributed by atoms with E-state index in [9.17, 15) is 4.79 Å². The van der Waals surface area contributed by atoms with Crippen LogP contribution in [0.2, 0.25) is 0 Å². The first-order valence-electron chi connectivity index (χ1n) is 11.4. The standard InChI is InChI=1S/C25H42O3/c1-3-4-5-6-7-8-9-10-11-12-13-14-15-16-17-18-19-20-21-22-25(26)28-24-23-27-2/h3-10,15-24H2,1-2H3. The van der Waals surface area contributed by atoms with Gasteiger partial charge < -0.3 is 9.47 Å². The predicted molar refractivity (Wildman–Crippen MR) is 118 cm³/mol. The number of carbonyl (C=O) groups is 1. The van der Waals surface area contributed by atoms with E-state index in [2.05, 4.69) is 30.6 Å². The van der Waals surface area contributed by atoms with Crippen molar-refractivity contribution < 1.29 is 14.3 Å². The van der Waals surface area contributed by atoms with Crippen molar-refractivity contribution in [2.45, 2.75) is 110 Å². The lowest BCUT2D eigenvalue weighted by Gasteiger charge is -2.03. The lowest BCUT2D eigenvalue weighted by Crippen LogP contribution is -2.09. The quantitative estimate of drug-likeness (QED) is 0.153. The van der Waals surface area contributed by atoms with Gasteiger partial charge in [-0.3, -0.25) is 4.79 Å². The van der Waals surface area contributed by atoms with Gasteiger partial charge in [0.1, 0.15) is 6.61 Å². The molecular formula is C25H42O3. The predicted octanol–water partition coefficient (Wildman–Crippen LogP) is 6.44. The molecule has 0 aromatic carbocycles. The van der Waals surface area contributed by atoms with Crippen molar-refractivity contribution in [2.75, 3.05) is 20.3 Å². The second-order valence-electron chi connectivity index (χ2n) is 7.31.